The number of hydrogen-bond acceptors (Lipinski definition) is 2. The smallest absolute Gasteiger partial charge is 0.0945 e. The zero-order chi connectivity index (χ0) is 8.27. The lowest BCUT2D eigenvalue weighted by Gasteiger charge is -2.04. The molecule has 0 fully saturated rings. The fourth-order valence-electron chi connectivity index (χ4n) is 0.873. The first-order valence-corrected chi connectivity index (χ1v) is 3.88. The number of imidazole rings is 1. The van der Waals surface area contributed by atoms with Gasteiger partial charge < -0.3 is 9.67 Å². The van der Waals surface area contributed by atoms with E-state index in [1.807, 2.05) is 11.6 Å². The molecule has 0 radical (unpaired) electrons. The molecule has 1 N–H and O–H groups in total. The van der Waals surface area contributed by atoms with Gasteiger partial charge in [0.1, 0.15) is 0 Å². The summed E-state index contributed by atoms with van der Waals surface area (Å²) in [6.45, 7) is 0.00668. The highest BCUT2D eigenvalue weighted by Crippen LogP contribution is 2.05. The molecule has 0 spiro atoms. The zero-order valence-corrected chi connectivity index (χ0v) is 7.12. The summed E-state index contributed by atoms with van der Waals surface area (Å²) in [7, 11) is 1.91. The van der Waals surface area contributed by atoms with Gasteiger partial charge in [0.15, 0.2) is 0 Å². The predicted molar refractivity (Wildman–Crippen MR) is 43.6 cm³/mol. The number of alkyl halides is 1. The Morgan fingerprint density at radius 2 is 2.55 bits per heavy atom. The van der Waals surface area contributed by atoms with Crippen molar-refractivity contribution in [2.75, 3.05) is 6.61 Å². The Balaban J connectivity index is 2.56. The maximum atomic E-state index is 8.66. The molecule has 62 valence electrons. The summed E-state index contributed by atoms with van der Waals surface area (Å²) < 4.78 is 1.89. The van der Waals surface area contributed by atoms with Crippen molar-refractivity contribution in [2.45, 2.75) is 11.8 Å². The summed E-state index contributed by atoms with van der Waals surface area (Å²) in [6.07, 6.45) is 4.13. The molecule has 4 heteroatoms. The van der Waals surface area contributed by atoms with E-state index in [1.54, 1.807) is 12.5 Å². The Kier molecular flexibility index (Phi) is 2.91. The van der Waals surface area contributed by atoms with Crippen molar-refractivity contribution in [2.24, 2.45) is 7.05 Å². The van der Waals surface area contributed by atoms with Gasteiger partial charge in [0, 0.05) is 25.4 Å². The van der Waals surface area contributed by atoms with Crippen molar-refractivity contribution in [1.29, 1.82) is 0 Å². The van der Waals surface area contributed by atoms with E-state index in [4.69, 9.17) is 16.7 Å². The Morgan fingerprint density at radius 1 is 1.82 bits per heavy atom. The second kappa shape index (κ2) is 3.74. The molecule has 0 amide bonds. The molecule has 1 atom stereocenters. The summed E-state index contributed by atoms with van der Waals surface area (Å²) >= 11 is 5.74. The van der Waals surface area contributed by atoms with E-state index < -0.39 is 0 Å². The molecule has 0 aromatic carbocycles. The first-order chi connectivity index (χ1) is 5.24. The quantitative estimate of drug-likeness (QED) is 0.681. The van der Waals surface area contributed by atoms with Crippen LogP contribution in [0.4, 0.5) is 0 Å². The summed E-state index contributed by atoms with van der Waals surface area (Å²) in [5.41, 5.74) is 1.04. The predicted octanol–water partition coefficient (Wildman–Crippen LogP) is 0.562. The van der Waals surface area contributed by atoms with Crippen LogP contribution in [0.2, 0.25) is 0 Å². The van der Waals surface area contributed by atoms with Crippen molar-refractivity contribution in [3.8, 4) is 0 Å². The minimum absolute atomic E-state index is 0.00668. The van der Waals surface area contributed by atoms with Crippen molar-refractivity contribution in [3.05, 3.63) is 18.2 Å². The minimum atomic E-state index is -0.203. The highest BCUT2D eigenvalue weighted by molar-refractivity contribution is 6.20. The maximum absolute atomic E-state index is 8.66. The number of hydrogen-bond donors (Lipinski definition) is 1. The molecule has 1 aromatic rings. The molecule has 0 aliphatic heterocycles. The number of aromatic nitrogens is 2. The fraction of sp³-hybridized carbons (Fsp3) is 0.571. The molecule has 11 heavy (non-hydrogen) atoms. The van der Waals surface area contributed by atoms with Gasteiger partial charge in [-0.25, -0.2) is 4.98 Å². The molecule has 0 saturated heterocycles. The minimum Gasteiger partial charge on any atom is -0.395 e. The summed E-state index contributed by atoms with van der Waals surface area (Å²) in [5, 5.41) is 8.46. The maximum Gasteiger partial charge on any atom is 0.0945 e. The lowest BCUT2D eigenvalue weighted by atomic mass is 10.2. The van der Waals surface area contributed by atoms with Crippen LogP contribution in [0.3, 0.4) is 0 Å². The number of aryl methyl sites for hydroxylation is 1. The van der Waals surface area contributed by atoms with E-state index in [9.17, 15) is 0 Å². The van der Waals surface area contributed by atoms with Gasteiger partial charge in [-0.05, 0) is 0 Å². The molecule has 0 bridgehead atoms. The number of aliphatic hydroxyl groups excluding tert-OH is 1. The third kappa shape index (κ3) is 2.20. The largest absolute Gasteiger partial charge is 0.395 e. The highest BCUT2D eigenvalue weighted by Gasteiger charge is 2.06. The van der Waals surface area contributed by atoms with Gasteiger partial charge in [0.25, 0.3) is 0 Å². The van der Waals surface area contributed by atoms with Crippen LogP contribution in [0.15, 0.2) is 12.5 Å². The standard InChI is InChI=1S/C7H11ClN2O/c1-10-5-9-3-7(10)2-6(8)4-11/h3,5-6,11H,2,4H2,1H3. The molecule has 1 unspecified atom stereocenters. The number of nitrogens with zero attached hydrogens (tertiary/aromatic N) is 2. The van der Waals surface area contributed by atoms with Crippen LogP contribution in [0.25, 0.3) is 0 Å². The average molecular weight is 175 g/mol. The van der Waals surface area contributed by atoms with Crippen molar-refractivity contribution < 1.29 is 5.11 Å². The zero-order valence-electron chi connectivity index (χ0n) is 6.37. The summed E-state index contributed by atoms with van der Waals surface area (Å²) in [4.78, 5) is 3.93. The van der Waals surface area contributed by atoms with Gasteiger partial charge in [0.05, 0.1) is 18.3 Å². The molecular formula is C7H11ClN2O. The van der Waals surface area contributed by atoms with E-state index in [1.165, 1.54) is 0 Å². The van der Waals surface area contributed by atoms with Gasteiger partial charge in [0.2, 0.25) is 0 Å². The van der Waals surface area contributed by atoms with Crippen molar-refractivity contribution in [3.63, 3.8) is 0 Å². The van der Waals surface area contributed by atoms with Gasteiger partial charge in [-0.2, -0.15) is 0 Å². The van der Waals surface area contributed by atoms with Crippen LogP contribution in [0.1, 0.15) is 5.69 Å². The van der Waals surface area contributed by atoms with E-state index >= 15 is 0 Å². The van der Waals surface area contributed by atoms with Crippen LogP contribution < -0.4 is 0 Å². The average Bonchev–Trinajstić information content (AvgIpc) is 2.37. The van der Waals surface area contributed by atoms with Gasteiger partial charge in [-0.1, -0.05) is 0 Å². The van der Waals surface area contributed by atoms with Crippen LogP contribution >= 0.6 is 11.6 Å². The summed E-state index contributed by atoms with van der Waals surface area (Å²) in [5.74, 6) is 0. The van der Waals surface area contributed by atoms with Crippen molar-refractivity contribution in [1.82, 2.24) is 9.55 Å². The molecule has 3 nitrogen and oxygen atoms in total. The Labute approximate surface area is 70.6 Å². The SMILES string of the molecule is Cn1cncc1CC(Cl)CO. The Hall–Kier alpha value is -0.540. The molecule has 1 heterocycles. The second-order valence-electron chi connectivity index (χ2n) is 2.48. The first kappa shape index (κ1) is 8.56. The fourth-order valence-corrected chi connectivity index (χ4v) is 1.03. The highest BCUT2D eigenvalue weighted by atomic mass is 35.5. The number of halogens is 1. The van der Waals surface area contributed by atoms with Crippen LogP contribution in [-0.4, -0.2) is 26.6 Å². The third-order valence-electron chi connectivity index (χ3n) is 1.55. The third-order valence-corrected chi connectivity index (χ3v) is 1.84. The van der Waals surface area contributed by atoms with E-state index in [0.29, 0.717) is 6.42 Å². The Morgan fingerprint density at radius 3 is 3.00 bits per heavy atom. The van der Waals surface area contributed by atoms with Gasteiger partial charge in [-0.3, -0.25) is 0 Å². The normalized spacial score (nSPS) is 13.4. The number of aliphatic hydroxyl groups is 1. The molecule has 0 aliphatic rings. The van der Waals surface area contributed by atoms with Crippen LogP contribution in [-0.2, 0) is 13.5 Å². The van der Waals surface area contributed by atoms with E-state index in [2.05, 4.69) is 4.98 Å². The number of rotatable bonds is 3. The second-order valence-corrected chi connectivity index (χ2v) is 3.10. The lowest BCUT2D eigenvalue weighted by molar-refractivity contribution is 0.291. The molecule has 0 saturated carbocycles. The molecular weight excluding hydrogens is 164 g/mol. The first-order valence-electron chi connectivity index (χ1n) is 3.44. The molecule has 1 rings (SSSR count). The van der Waals surface area contributed by atoms with Crippen LogP contribution in [0.5, 0.6) is 0 Å². The topological polar surface area (TPSA) is 38.0 Å². The lowest BCUT2D eigenvalue weighted by Crippen LogP contribution is -2.10. The van der Waals surface area contributed by atoms with Gasteiger partial charge in [-0.15, -0.1) is 11.6 Å². The molecule has 0 aliphatic carbocycles. The van der Waals surface area contributed by atoms with E-state index in [-0.39, 0.29) is 12.0 Å². The van der Waals surface area contributed by atoms with Crippen molar-refractivity contribution >= 4 is 11.6 Å². The van der Waals surface area contributed by atoms with E-state index in [0.717, 1.165) is 5.69 Å². The van der Waals surface area contributed by atoms with Crippen LogP contribution in [0, 0.1) is 0 Å². The Bertz CT molecular complexity index is 224. The summed E-state index contributed by atoms with van der Waals surface area (Å²) in [6, 6.07) is 0. The monoisotopic (exact) mass is 174 g/mol. The van der Waals surface area contributed by atoms with Gasteiger partial charge >= 0.3 is 0 Å². The molecule has 1 aromatic heterocycles.